The van der Waals surface area contributed by atoms with Gasteiger partial charge < -0.3 is 5.11 Å². The van der Waals surface area contributed by atoms with E-state index in [4.69, 9.17) is 5.11 Å². The highest BCUT2D eigenvalue weighted by molar-refractivity contribution is 7.09. The lowest BCUT2D eigenvalue weighted by Crippen LogP contribution is -1.97. The molecule has 3 aromatic heterocycles. The molecule has 0 saturated heterocycles. The first kappa shape index (κ1) is 10.9. The number of aromatic nitrogens is 3. The summed E-state index contributed by atoms with van der Waals surface area (Å²) in [6.45, 7) is 0. The second-order valence-corrected chi connectivity index (χ2v) is 4.84. The van der Waals surface area contributed by atoms with Crippen molar-refractivity contribution in [2.45, 2.75) is 6.42 Å². The van der Waals surface area contributed by atoms with Gasteiger partial charge in [0.05, 0.1) is 5.56 Å². The molecule has 0 radical (unpaired) electrons. The van der Waals surface area contributed by atoms with Gasteiger partial charge in [-0.1, -0.05) is 6.07 Å². The minimum Gasteiger partial charge on any atom is -0.478 e. The van der Waals surface area contributed by atoms with E-state index >= 15 is 0 Å². The summed E-state index contributed by atoms with van der Waals surface area (Å²) < 4.78 is 1.59. The van der Waals surface area contributed by atoms with Crippen LogP contribution >= 0.6 is 11.3 Å². The zero-order chi connectivity index (χ0) is 12.5. The molecule has 0 spiro atoms. The molecule has 0 bridgehead atoms. The summed E-state index contributed by atoms with van der Waals surface area (Å²) in [5.74, 6) is -0.264. The van der Waals surface area contributed by atoms with Crippen LogP contribution in [-0.4, -0.2) is 25.7 Å². The van der Waals surface area contributed by atoms with Crippen molar-refractivity contribution < 1.29 is 9.90 Å². The Morgan fingerprint density at radius 1 is 1.44 bits per heavy atom. The lowest BCUT2D eigenvalue weighted by molar-refractivity contribution is 0.0697. The van der Waals surface area contributed by atoms with Crippen LogP contribution in [0.4, 0.5) is 0 Å². The van der Waals surface area contributed by atoms with E-state index in [-0.39, 0.29) is 5.56 Å². The first-order valence-electron chi connectivity index (χ1n) is 5.33. The number of carboxylic acids is 1. The molecule has 0 aliphatic rings. The van der Waals surface area contributed by atoms with Crippen molar-refractivity contribution in [2.75, 3.05) is 0 Å². The van der Waals surface area contributed by atoms with E-state index in [9.17, 15) is 4.79 Å². The maximum absolute atomic E-state index is 10.9. The minimum atomic E-state index is -0.958. The van der Waals surface area contributed by atoms with Crippen molar-refractivity contribution in [1.29, 1.82) is 0 Å². The van der Waals surface area contributed by atoms with E-state index in [1.165, 1.54) is 17.0 Å². The fourth-order valence-corrected chi connectivity index (χ4v) is 2.41. The summed E-state index contributed by atoms with van der Waals surface area (Å²) in [5.41, 5.74) is 0.777. The number of carboxylic acid groups (broad SMARTS) is 1. The minimum absolute atomic E-state index is 0.220. The zero-order valence-corrected chi connectivity index (χ0v) is 10.1. The molecule has 3 heterocycles. The normalized spacial score (nSPS) is 10.9. The van der Waals surface area contributed by atoms with Gasteiger partial charge in [-0.3, -0.25) is 0 Å². The SMILES string of the molecule is O=C(O)c1ccn2nc(Cc3cccs3)nc2c1. The van der Waals surface area contributed by atoms with Crippen molar-refractivity contribution in [1.82, 2.24) is 14.6 Å². The molecule has 0 aromatic carbocycles. The van der Waals surface area contributed by atoms with E-state index in [1.54, 1.807) is 22.0 Å². The van der Waals surface area contributed by atoms with Crippen LogP contribution in [0.15, 0.2) is 35.8 Å². The van der Waals surface area contributed by atoms with Crippen LogP contribution in [0.25, 0.3) is 5.65 Å². The topological polar surface area (TPSA) is 67.5 Å². The molecule has 0 saturated carbocycles. The van der Waals surface area contributed by atoms with Crippen molar-refractivity contribution in [3.05, 3.63) is 52.1 Å². The average Bonchev–Trinajstić information content (AvgIpc) is 2.96. The second kappa shape index (κ2) is 4.23. The number of pyridine rings is 1. The summed E-state index contributed by atoms with van der Waals surface area (Å²) in [5, 5.41) is 15.2. The predicted molar refractivity (Wildman–Crippen MR) is 67.1 cm³/mol. The molecule has 90 valence electrons. The lowest BCUT2D eigenvalue weighted by atomic mass is 10.3. The highest BCUT2D eigenvalue weighted by Crippen LogP contribution is 2.13. The van der Waals surface area contributed by atoms with Gasteiger partial charge in [0.1, 0.15) is 0 Å². The monoisotopic (exact) mass is 259 g/mol. The Hall–Kier alpha value is -2.21. The number of aromatic carboxylic acids is 1. The van der Waals surface area contributed by atoms with Gasteiger partial charge in [-0.15, -0.1) is 11.3 Å². The van der Waals surface area contributed by atoms with Crippen molar-refractivity contribution in [3.8, 4) is 0 Å². The molecule has 0 fully saturated rings. The molecule has 0 atom stereocenters. The molecule has 1 N–H and O–H groups in total. The Bertz CT molecular complexity index is 703. The highest BCUT2D eigenvalue weighted by atomic mass is 32.1. The van der Waals surface area contributed by atoms with E-state index in [1.807, 2.05) is 17.5 Å². The number of thiophene rings is 1. The van der Waals surface area contributed by atoms with E-state index in [2.05, 4.69) is 10.1 Å². The molecule has 0 unspecified atom stereocenters. The van der Waals surface area contributed by atoms with Gasteiger partial charge in [-0.05, 0) is 23.6 Å². The van der Waals surface area contributed by atoms with E-state index in [0.29, 0.717) is 17.9 Å². The van der Waals surface area contributed by atoms with Crippen LogP contribution in [0.3, 0.4) is 0 Å². The van der Waals surface area contributed by atoms with Gasteiger partial charge in [0.25, 0.3) is 0 Å². The molecule has 18 heavy (non-hydrogen) atoms. The molecular weight excluding hydrogens is 250 g/mol. The Morgan fingerprint density at radius 2 is 2.33 bits per heavy atom. The van der Waals surface area contributed by atoms with Crippen LogP contribution in [0.1, 0.15) is 21.1 Å². The smallest absolute Gasteiger partial charge is 0.335 e. The Labute approximate surface area is 106 Å². The molecule has 3 rings (SSSR count). The number of fused-ring (bicyclic) bond motifs is 1. The maximum atomic E-state index is 10.9. The van der Waals surface area contributed by atoms with Crippen molar-refractivity contribution in [2.24, 2.45) is 0 Å². The average molecular weight is 259 g/mol. The third-order valence-corrected chi connectivity index (χ3v) is 3.42. The number of rotatable bonds is 3. The highest BCUT2D eigenvalue weighted by Gasteiger charge is 2.08. The fraction of sp³-hybridized carbons (Fsp3) is 0.0833. The molecule has 6 heteroatoms. The van der Waals surface area contributed by atoms with Crippen LogP contribution in [0.2, 0.25) is 0 Å². The van der Waals surface area contributed by atoms with Gasteiger partial charge >= 0.3 is 5.97 Å². The number of hydrogen-bond acceptors (Lipinski definition) is 4. The van der Waals surface area contributed by atoms with Gasteiger partial charge in [0.2, 0.25) is 0 Å². The van der Waals surface area contributed by atoms with Crippen LogP contribution in [-0.2, 0) is 6.42 Å². The van der Waals surface area contributed by atoms with Crippen LogP contribution in [0.5, 0.6) is 0 Å². The zero-order valence-electron chi connectivity index (χ0n) is 9.28. The number of carbonyl (C=O) groups is 1. The number of nitrogens with zero attached hydrogens (tertiary/aromatic N) is 3. The van der Waals surface area contributed by atoms with Gasteiger partial charge in [0, 0.05) is 17.5 Å². The molecule has 0 amide bonds. The largest absolute Gasteiger partial charge is 0.478 e. The molecule has 0 aliphatic heterocycles. The standard InChI is InChI=1S/C12H9N3O2S/c16-12(17)8-3-4-15-11(6-8)13-10(14-15)7-9-2-1-5-18-9/h1-6H,7H2,(H,16,17). The fourth-order valence-electron chi connectivity index (χ4n) is 1.70. The van der Waals surface area contributed by atoms with Crippen LogP contribution < -0.4 is 0 Å². The van der Waals surface area contributed by atoms with E-state index < -0.39 is 5.97 Å². The van der Waals surface area contributed by atoms with E-state index in [0.717, 1.165) is 0 Å². The summed E-state index contributed by atoms with van der Waals surface area (Å²) >= 11 is 1.65. The quantitative estimate of drug-likeness (QED) is 0.782. The van der Waals surface area contributed by atoms with Crippen molar-refractivity contribution >= 4 is 23.0 Å². The predicted octanol–water partition coefficient (Wildman–Crippen LogP) is 2.08. The number of hydrogen-bond donors (Lipinski definition) is 1. The summed E-state index contributed by atoms with van der Waals surface area (Å²) in [6.07, 6.45) is 2.28. The third kappa shape index (κ3) is 1.98. The lowest BCUT2D eigenvalue weighted by Gasteiger charge is -1.93. The second-order valence-electron chi connectivity index (χ2n) is 3.81. The Morgan fingerprint density at radius 3 is 3.06 bits per heavy atom. The third-order valence-electron chi connectivity index (χ3n) is 2.54. The van der Waals surface area contributed by atoms with Gasteiger partial charge in [0.15, 0.2) is 11.5 Å². The maximum Gasteiger partial charge on any atom is 0.335 e. The molecular formula is C12H9N3O2S. The first-order chi connectivity index (χ1) is 8.72. The summed E-state index contributed by atoms with van der Waals surface area (Å²) in [6, 6.07) is 7.05. The summed E-state index contributed by atoms with van der Waals surface area (Å²) in [7, 11) is 0. The van der Waals surface area contributed by atoms with Crippen molar-refractivity contribution in [3.63, 3.8) is 0 Å². The van der Waals surface area contributed by atoms with Gasteiger partial charge in [-0.25, -0.2) is 14.3 Å². The Kier molecular flexibility index (Phi) is 2.56. The molecule has 0 aliphatic carbocycles. The summed E-state index contributed by atoms with van der Waals surface area (Å²) in [4.78, 5) is 16.4. The van der Waals surface area contributed by atoms with Gasteiger partial charge in [-0.2, -0.15) is 5.10 Å². The molecule has 5 nitrogen and oxygen atoms in total. The first-order valence-corrected chi connectivity index (χ1v) is 6.21. The Balaban J connectivity index is 1.98. The molecule has 3 aromatic rings. The van der Waals surface area contributed by atoms with Crippen LogP contribution in [0, 0.1) is 0 Å².